The molecule has 0 N–H and O–H groups in total. The summed E-state index contributed by atoms with van der Waals surface area (Å²) in [5, 5.41) is 0. The molecule has 1 saturated heterocycles. The third-order valence-corrected chi connectivity index (χ3v) is 2.11. The molecule has 0 aromatic carbocycles. The Kier molecular flexibility index (Phi) is 3.01. The van der Waals surface area contributed by atoms with Gasteiger partial charge in [-0.25, -0.2) is 8.78 Å². The molecular weight excluding hydrogens is 162 g/mol. The summed E-state index contributed by atoms with van der Waals surface area (Å²) in [5.74, 6) is -2.44. The summed E-state index contributed by atoms with van der Waals surface area (Å²) >= 11 is 0. The fraction of sp³-hybridized carbons (Fsp3) is 1.00. The third-order valence-electron chi connectivity index (χ3n) is 2.11. The normalized spacial score (nSPS) is 23.8. The molecule has 0 aromatic heterocycles. The van der Waals surface area contributed by atoms with Gasteiger partial charge in [-0.1, -0.05) is 0 Å². The molecule has 0 aliphatic carbocycles. The molecule has 0 atom stereocenters. The van der Waals surface area contributed by atoms with Crippen molar-refractivity contribution in [2.45, 2.75) is 12.3 Å². The van der Waals surface area contributed by atoms with E-state index in [1.54, 1.807) is 0 Å². The number of hydrogen-bond acceptors (Lipinski definition) is 2. The minimum Gasteiger partial charge on any atom is -0.308 e. The van der Waals surface area contributed by atoms with E-state index in [1.807, 2.05) is 23.9 Å². The van der Waals surface area contributed by atoms with Gasteiger partial charge >= 0.3 is 0 Å². The van der Waals surface area contributed by atoms with Gasteiger partial charge in [0, 0.05) is 26.1 Å². The van der Waals surface area contributed by atoms with Gasteiger partial charge in [0.2, 0.25) is 0 Å². The number of likely N-dealkylation sites (tertiary alicyclic amines) is 1. The zero-order valence-electron chi connectivity index (χ0n) is 7.69. The second-order valence-electron chi connectivity index (χ2n) is 3.69. The van der Waals surface area contributed by atoms with Crippen molar-refractivity contribution >= 4 is 0 Å². The highest BCUT2D eigenvalue weighted by Crippen LogP contribution is 2.26. The molecule has 72 valence electrons. The van der Waals surface area contributed by atoms with Crippen LogP contribution in [0.25, 0.3) is 0 Å². The van der Waals surface area contributed by atoms with E-state index in [0.29, 0.717) is 6.54 Å². The molecule has 0 aromatic rings. The van der Waals surface area contributed by atoms with Crippen molar-refractivity contribution in [3.05, 3.63) is 0 Å². The highest BCUT2D eigenvalue weighted by Gasteiger charge is 2.37. The molecule has 1 fully saturated rings. The molecule has 2 nitrogen and oxygen atoms in total. The van der Waals surface area contributed by atoms with E-state index in [0.717, 1.165) is 13.1 Å². The Bertz CT molecular complexity index is 148. The lowest BCUT2D eigenvalue weighted by Crippen LogP contribution is -2.31. The maximum atomic E-state index is 12.7. The Hall–Kier alpha value is -0.220. The van der Waals surface area contributed by atoms with E-state index in [1.165, 1.54) is 0 Å². The highest BCUT2D eigenvalue weighted by molar-refractivity contribution is 4.81. The number of nitrogens with zero attached hydrogens (tertiary/aromatic N) is 2. The van der Waals surface area contributed by atoms with Gasteiger partial charge in [-0.05, 0) is 14.1 Å². The Balaban J connectivity index is 2.20. The summed E-state index contributed by atoms with van der Waals surface area (Å²) in [6.07, 6.45) is 0.0282. The van der Waals surface area contributed by atoms with Gasteiger partial charge in [0.15, 0.2) is 0 Å². The van der Waals surface area contributed by atoms with E-state index in [4.69, 9.17) is 0 Å². The van der Waals surface area contributed by atoms with Crippen LogP contribution in [-0.2, 0) is 0 Å². The van der Waals surface area contributed by atoms with E-state index in [2.05, 4.69) is 0 Å². The first kappa shape index (κ1) is 9.86. The van der Waals surface area contributed by atoms with Crippen molar-refractivity contribution in [3.63, 3.8) is 0 Å². The zero-order chi connectivity index (χ0) is 9.19. The number of rotatable bonds is 3. The maximum Gasteiger partial charge on any atom is 0.261 e. The molecule has 0 radical (unpaired) electrons. The topological polar surface area (TPSA) is 6.48 Å². The third kappa shape index (κ3) is 3.03. The van der Waals surface area contributed by atoms with Crippen LogP contribution in [0.5, 0.6) is 0 Å². The van der Waals surface area contributed by atoms with Crippen LogP contribution in [0.1, 0.15) is 6.42 Å². The molecule has 4 heteroatoms. The van der Waals surface area contributed by atoms with Gasteiger partial charge in [-0.15, -0.1) is 0 Å². The first-order valence-electron chi connectivity index (χ1n) is 4.24. The quantitative estimate of drug-likeness (QED) is 0.633. The monoisotopic (exact) mass is 178 g/mol. The first-order chi connectivity index (χ1) is 5.49. The predicted octanol–water partition coefficient (Wildman–Crippen LogP) is 0.889. The zero-order valence-corrected chi connectivity index (χ0v) is 7.69. The van der Waals surface area contributed by atoms with E-state index >= 15 is 0 Å². The molecule has 0 unspecified atom stereocenters. The summed E-state index contributed by atoms with van der Waals surface area (Å²) in [6, 6.07) is 0. The molecule has 1 heterocycles. The molecule has 12 heavy (non-hydrogen) atoms. The lowest BCUT2D eigenvalue weighted by molar-refractivity contribution is 0.0118. The van der Waals surface area contributed by atoms with E-state index in [-0.39, 0.29) is 13.0 Å². The van der Waals surface area contributed by atoms with Crippen molar-refractivity contribution in [2.24, 2.45) is 0 Å². The van der Waals surface area contributed by atoms with Gasteiger partial charge in [-0.3, -0.25) is 4.90 Å². The standard InChI is InChI=1S/C8H16F2N2/c1-11(2)5-6-12-4-3-8(9,10)7-12/h3-7H2,1-2H3. The second kappa shape index (κ2) is 3.66. The lowest BCUT2D eigenvalue weighted by Gasteiger charge is -2.17. The molecule has 1 aliphatic rings. The largest absolute Gasteiger partial charge is 0.308 e. The van der Waals surface area contributed by atoms with E-state index < -0.39 is 5.92 Å². The van der Waals surface area contributed by atoms with Crippen LogP contribution in [0.15, 0.2) is 0 Å². The smallest absolute Gasteiger partial charge is 0.261 e. The molecule has 0 amide bonds. The molecular formula is C8H16F2N2. The number of hydrogen-bond donors (Lipinski definition) is 0. The fourth-order valence-corrected chi connectivity index (χ4v) is 1.34. The Morgan fingerprint density at radius 3 is 2.50 bits per heavy atom. The molecule has 1 aliphatic heterocycles. The van der Waals surface area contributed by atoms with Crippen molar-refractivity contribution in [2.75, 3.05) is 40.3 Å². The summed E-state index contributed by atoms with van der Waals surface area (Å²) in [5.41, 5.74) is 0. The summed E-state index contributed by atoms with van der Waals surface area (Å²) in [4.78, 5) is 3.83. The number of alkyl halides is 2. The van der Waals surface area contributed by atoms with Crippen molar-refractivity contribution in [1.29, 1.82) is 0 Å². The van der Waals surface area contributed by atoms with Crippen LogP contribution in [0, 0.1) is 0 Å². The average Bonchev–Trinajstić information content (AvgIpc) is 2.26. The minimum absolute atomic E-state index is 0.0282. The van der Waals surface area contributed by atoms with Crippen LogP contribution in [-0.4, -0.2) is 56.0 Å². The van der Waals surface area contributed by atoms with E-state index in [9.17, 15) is 8.78 Å². The molecule has 0 spiro atoms. The summed E-state index contributed by atoms with van der Waals surface area (Å²) in [6.45, 7) is 2.10. The van der Waals surface area contributed by atoms with Crippen molar-refractivity contribution < 1.29 is 8.78 Å². The predicted molar refractivity (Wildman–Crippen MR) is 44.6 cm³/mol. The maximum absolute atomic E-state index is 12.7. The minimum atomic E-state index is -2.44. The summed E-state index contributed by atoms with van der Waals surface area (Å²) in [7, 11) is 3.91. The Labute approximate surface area is 72.1 Å². The van der Waals surface area contributed by atoms with Crippen LogP contribution in [0.3, 0.4) is 0 Å². The Morgan fingerprint density at radius 2 is 2.08 bits per heavy atom. The summed E-state index contributed by atoms with van der Waals surface area (Å²) < 4.78 is 25.3. The van der Waals surface area contributed by atoms with Gasteiger partial charge in [0.1, 0.15) is 0 Å². The van der Waals surface area contributed by atoms with Gasteiger partial charge in [0.25, 0.3) is 5.92 Å². The van der Waals surface area contributed by atoms with Crippen LogP contribution >= 0.6 is 0 Å². The van der Waals surface area contributed by atoms with Crippen molar-refractivity contribution in [3.8, 4) is 0 Å². The molecule has 0 bridgehead atoms. The van der Waals surface area contributed by atoms with Crippen molar-refractivity contribution in [1.82, 2.24) is 9.80 Å². The van der Waals surface area contributed by atoms with Crippen LogP contribution in [0.2, 0.25) is 0 Å². The SMILES string of the molecule is CN(C)CCN1CCC(F)(F)C1. The average molecular weight is 178 g/mol. The first-order valence-corrected chi connectivity index (χ1v) is 4.24. The van der Waals surface area contributed by atoms with Crippen LogP contribution < -0.4 is 0 Å². The second-order valence-corrected chi connectivity index (χ2v) is 3.69. The van der Waals surface area contributed by atoms with Gasteiger partial charge in [0.05, 0.1) is 6.54 Å². The van der Waals surface area contributed by atoms with Gasteiger partial charge in [-0.2, -0.15) is 0 Å². The number of likely N-dealkylation sites (N-methyl/N-ethyl adjacent to an activating group) is 1. The fourth-order valence-electron chi connectivity index (χ4n) is 1.34. The molecule has 1 rings (SSSR count). The molecule has 0 saturated carbocycles. The van der Waals surface area contributed by atoms with Crippen LogP contribution in [0.4, 0.5) is 8.78 Å². The Morgan fingerprint density at radius 1 is 1.42 bits per heavy atom. The lowest BCUT2D eigenvalue weighted by atomic mass is 10.3. The number of halogens is 2. The highest BCUT2D eigenvalue weighted by atomic mass is 19.3. The van der Waals surface area contributed by atoms with Gasteiger partial charge < -0.3 is 4.90 Å².